The number of nitrogens with zero attached hydrogens (tertiary/aromatic N) is 2. The van der Waals surface area contributed by atoms with Crippen molar-refractivity contribution in [2.24, 2.45) is 11.3 Å². The molecule has 1 N–H and O–H groups in total. The number of thiophene rings is 1. The van der Waals surface area contributed by atoms with Crippen LogP contribution in [0, 0.1) is 11.3 Å². The quantitative estimate of drug-likeness (QED) is 0.561. The van der Waals surface area contributed by atoms with Gasteiger partial charge < -0.3 is 10.1 Å². The van der Waals surface area contributed by atoms with E-state index in [2.05, 4.69) is 31.1 Å². The summed E-state index contributed by atoms with van der Waals surface area (Å²) in [6.07, 6.45) is 4.33. The predicted molar refractivity (Wildman–Crippen MR) is 130 cm³/mol. The third-order valence-electron chi connectivity index (χ3n) is 6.23. The molecule has 1 aromatic carbocycles. The average molecular weight is 468 g/mol. The molecule has 8 heteroatoms. The van der Waals surface area contributed by atoms with Crippen molar-refractivity contribution < 1.29 is 14.3 Å². The molecule has 0 fully saturated rings. The van der Waals surface area contributed by atoms with Gasteiger partial charge in [-0.05, 0) is 61.3 Å². The van der Waals surface area contributed by atoms with Crippen molar-refractivity contribution in [1.29, 1.82) is 0 Å². The summed E-state index contributed by atoms with van der Waals surface area (Å²) >= 11 is 1.60. The van der Waals surface area contributed by atoms with Gasteiger partial charge in [-0.25, -0.2) is 9.78 Å². The molecule has 2 aromatic heterocycles. The van der Waals surface area contributed by atoms with Gasteiger partial charge in [0.1, 0.15) is 11.4 Å². The lowest BCUT2D eigenvalue weighted by atomic mass is 9.72. The number of carbonyl (C=O) groups excluding carboxylic acids is 2. The molecule has 1 aliphatic rings. The van der Waals surface area contributed by atoms with Crippen molar-refractivity contribution in [2.75, 3.05) is 11.9 Å². The zero-order valence-electron chi connectivity index (χ0n) is 19.4. The number of fused-ring (bicyclic) bond motifs is 3. The number of aryl methyl sites for hydroxylation is 1. The van der Waals surface area contributed by atoms with Crippen molar-refractivity contribution in [3.63, 3.8) is 0 Å². The summed E-state index contributed by atoms with van der Waals surface area (Å²) in [5.74, 6) is -0.233. The fourth-order valence-electron chi connectivity index (χ4n) is 4.35. The fraction of sp³-hybridized carbons (Fsp3) is 0.440. The summed E-state index contributed by atoms with van der Waals surface area (Å²) < 4.78 is 6.36. The van der Waals surface area contributed by atoms with Crippen LogP contribution >= 0.6 is 11.3 Å². The molecule has 1 unspecified atom stereocenters. The summed E-state index contributed by atoms with van der Waals surface area (Å²) in [5.41, 5.74) is 1.97. The monoisotopic (exact) mass is 467 g/mol. The second-order valence-corrected chi connectivity index (χ2v) is 10.6. The number of amides is 1. The van der Waals surface area contributed by atoms with E-state index in [-0.39, 0.29) is 30.0 Å². The van der Waals surface area contributed by atoms with Crippen molar-refractivity contribution in [3.8, 4) is 0 Å². The number of benzene rings is 1. The number of nitrogens with one attached hydrogen (secondary N) is 1. The fourth-order valence-corrected chi connectivity index (χ4v) is 5.60. The highest BCUT2D eigenvalue weighted by molar-refractivity contribution is 7.18. The number of esters is 1. The van der Waals surface area contributed by atoms with E-state index < -0.39 is 5.97 Å². The lowest BCUT2D eigenvalue weighted by molar-refractivity contribution is -0.116. The first-order chi connectivity index (χ1) is 15.7. The molecular weight excluding hydrogens is 438 g/mol. The number of aromatic nitrogens is 2. The zero-order chi connectivity index (χ0) is 23.8. The Bertz CT molecular complexity index is 1270. The Balaban J connectivity index is 1.54. The highest BCUT2D eigenvalue weighted by Crippen LogP contribution is 2.41. The van der Waals surface area contributed by atoms with E-state index in [4.69, 9.17) is 4.74 Å². The molecule has 0 aliphatic heterocycles. The summed E-state index contributed by atoms with van der Waals surface area (Å²) in [4.78, 5) is 44.3. The lowest BCUT2D eigenvalue weighted by Gasteiger charge is -2.33. The maximum absolute atomic E-state index is 13.2. The minimum Gasteiger partial charge on any atom is -0.462 e. The minimum atomic E-state index is -0.449. The van der Waals surface area contributed by atoms with E-state index >= 15 is 0 Å². The number of hydrogen-bond acceptors (Lipinski definition) is 6. The Morgan fingerprint density at radius 3 is 2.82 bits per heavy atom. The molecule has 4 rings (SSSR count). The molecule has 1 amide bonds. The molecule has 0 saturated carbocycles. The molecule has 0 radical (unpaired) electrons. The maximum atomic E-state index is 13.2. The number of ether oxygens (including phenoxy) is 1. The highest BCUT2D eigenvalue weighted by atomic mass is 32.1. The van der Waals surface area contributed by atoms with E-state index in [0.29, 0.717) is 22.6 Å². The van der Waals surface area contributed by atoms with Crippen LogP contribution in [0.15, 0.2) is 35.4 Å². The molecule has 0 bridgehead atoms. The molecule has 2 heterocycles. The SMILES string of the molecule is CCOC(=O)c1cccc(NC(=O)Cn2cnc3sc4c(c3c2=O)CCC(C(C)(C)C)C4)c1. The van der Waals surface area contributed by atoms with Crippen molar-refractivity contribution in [3.05, 3.63) is 57.0 Å². The highest BCUT2D eigenvalue weighted by Gasteiger charge is 2.31. The van der Waals surface area contributed by atoms with Crippen LogP contribution < -0.4 is 10.9 Å². The smallest absolute Gasteiger partial charge is 0.338 e. The van der Waals surface area contributed by atoms with E-state index in [9.17, 15) is 14.4 Å². The van der Waals surface area contributed by atoms with E-state index in [1.54, 1.807) is 42.5 Å². The zero-order valence-corrected chi connectivity index (χ0v) is 20.3. The van der Waals surface area contributed by atoms with Crippen LogP contribution in [-0.4, -0.2) is 28.0 Å². The second kappa shape index (κ2) is 9.09. The average Bonchev–Trinajstić information content (AvgIpc) is 3.14. The van der Waals surface area contributed by atoms with Gasteiger partial charge in [-0.2, -0.15) is 0 Å². The molecule has 0 saturated heterocycles. The van der Waals surface area contributed by atoms with E-state index in [0.717, 1.165) is 29.7 Å². The number of hydrogen-bond donors (Lipinski definition) is 1. The van der Waals surface area contributed by atoms with Gasteiger partial charge in [-0.3, -0.25) is 14.2 Å². The van der Waals surface area contributed by atoms with Crippen LogP contribution in [0.4, 0.5) is 5.69 Å². The van der Waals surface area contributed by atoms with Gasteiger partial charge in [0.15, 0.2) is 0 Å². The summed E-state index contributed by atoms with van der Waals surface area (Å²) in [5, 5.41) is 3.40. The first-order valence-corrected chi connectivity index (χ1v) is 12.1. The number of rotatable bonds is 5. The Morgan fingerprint density at radius 1 is 1.30 bits per heavy atom. The Hall–Kier alpha value is -3.00. The molecule has 0 spiro atoms. The third kappa shape index (κ3) is 4.85. The van der Waals surface area contributed by atoms with Gasteiger partial charge in [0.25, 0.3) is 5.56 Å². The van der Waals surface area contributed by atoms with Crippen molar-refractivity contribution in [1.82, 2.24) is 9.55 Å². The Morgan fingerprint density at radius 2 is 2.09 bits per heavy atom. The molecule has 174 valence electrons. The van der Waals surface area contributed by atoms with Crippen molar-refractivity contribution in [2.45, 2.75) is 53.5 Å². The molecular formula is C25H29N3O4S. The second-order valence-electron chi connectivity index (χ2n) is 9.52. The number of anilines is 1. The Kier molecular flexibility index (Phi) is 6.38. The molecule has 7 nitrogen and oxygen atoms in total. The van der Waals surface area contributed by atoms with Crippen LogP contribution in [0.2, 0.25) is 0 Å². The van der Waals surface area contributed by atoms with Crippen LogP contribution in [0.1, 0.15) is 54.9 Å². The third-order valence-corrected chi connectivity index (χ3v) is 7.39. The first-order valence-electron chi connectivity index (χ1n) is 11.2. The first kappa shape index (κ1) is 23.2. The van der Waals surface area contributed by atoms with Gasteiger partial charge >= 0.3 is 5.97 Å². The maximum Gasteiger partial charge on any atom is 0.338 e. The molecule has 1 atom stereocenters. The summed E-state index contributed by atoms with van der Waals surface area (Å²) in [6, 6.07) is 6.54. The topological polar surface area (TPSA) is 90.3 Å². The summed E-state index contributed by atoms with van der Waals surface area (Å²) in [6.45, 7) is 8.66. The van der Waals surface area contributed by atoms with Gasteiger partial charge in [0.2, 0.25) is 5.91 Å². The predicted octanol–water partition coefficient (Wildman–Crippen LogP) is 4.42. The molecule has 33 heavy (non-hydrogen) atoms. The summed E-state index contributed by atoms with van der Waals surface area (Å²) in [7, 11) is 0. The normalized spacial score (nSPS) is 15.8. The van der Waals surface area contributed by atoms with Gasteiger partial charge in [0.05, 0.1) is 23.9 Å². The van der Waals surface area contributed by atoms with Crippen molar-refractivity contribution >= 4 is 39.1 Å². The van der Waals surface area contributed by atoms with Crippen LogP contribution in [-0.2, 0) is 28.9 Å². The van der Waals surface area contributed by atoms with Gasteiger partial charge in [-0.1, -0.05) is 26.8 Å². The lowest BCUT2D eigenvalue weighted by Crippen LogP contribution is -2.29. The van der Waals surface area contributed by atoms with Crippen LogP contribution in [0.3, 0.4) is 0 Å². The largest absolute Gasteiger partial charge is 0.462 e. The van der Waals surface area contributed by atoms with Crippen LogP contribution in [0.5, 0.6) is 0 Å². The Labute approximate surface area is 196 Å². The number of carbonyl (C=O) groups is 2. The molecule has 3 aromatic rings. The van der Waals surface area contributed by atoms with E-state index in [1.165, 1.54) is 15.8 Å². The molecule has 1 aliphatic carbocycles. The standard InChI is InChI=1S/C25H29N3O4S/c1-5-32-24(31)15-7-6-8-17(11-15)27-20(29)13-28-14-26-22-21(23(28)30)18-10-9-16(25(2,3)4)12-19(18)33-22/h6-8,11,14,16H,5,9-10,12-13H2,1-4H3,(H,27,29). The van der Waals surface area contributed by atoms with E-state index in [1.807, 2.05) is 0 Å². The minimum absolute atomic E-state index is 0.152. The van der Waals surface area contributed by atoms with Crippen LogP contribution in [0.25, 0.3) is 10.2 Å². The van der Waals surface area contributed by atoms with Gasteiger partial charge in [-0.15, -0.1) is 11.3 Å². The van der Waals surface area contributed by atoms with Gasteiger partial charge in [0, 0.05) is 10.6 Å².